The molecule has 0 radical (unpaired) electrons. The lowest BCUT2D eigenvalue weighted by Crippen LogP contribution is -2.67. The monoisotopic (exact) mass is 348 g/mol. The van der Waals surface area contributed by atoms with E-state index in [1.54, 1.807) is 30.6 Å². The van der Waals surface area contributed by atoms with Gasteiger partial charge in [0.15, 0.2) is 0 Å². The van der Waals surface area contributed by atoms with E-state index in [1.807, 2.05) is 0 Å². The molecular weight excluding hydrogens is 332 g/mol. The number of nitrogens with zero attached hydrogens (tertiary/aromatic N) is 2. The SMILES string of the molecule is CNc1cccc2nc(C)n(C3(O)CC(O)(O)C(=O)NC3=O)c(=O)c12. The third-order valence-corrected chi connectivity index (χ3v) is 4.15. The third kappa shape index (κ3) is 2.38. The number of rotatable bonds is 2. The van der Waals surface area contributed by atoms with Crippen LogP contribution >= 0.6 is 0 Å². The number of benzene rings is 1. The smallest absolute Gasteiger partial charge is 0.286 e. The number of nitrogens with one attached hydrogen (secondary N) is 2. The van der Waals surface area contributed by atoms with Gasteiger partial charge in [-0.1, -0.05) is 6.07 Å². The maximum atomic E-state index is 13.0. The van der Waals surface area contributed by atoms with Gasteiger partial charge < -0.3 is 20.6 Å². The van der Waals surface area contributed by atoms with Gasteiger partial charge in [-0.25, -0.2) is 4.98 Å². The van der Waals surface area contributed by atoms with Crippen molar-refractivity contribution >= 4 is 28.4 Å². The molecule has 0 spiro atoms. The van der Waals surface area contributed by atoms with Crippen molar-refractivity contribution in [3.05, 3.63) is 34.4 Å². The Labute approximate surface area is 140 Å². The summed E-state index contributed by atoms with van der Waals surface area (Å²) in [6.45, 7) is 1.38. The predicted molar refractivity (Wildman–Crippen MR) is 85.4 cm³/mol. The zero-order valence-electron chi connectivity index (χ0n) is 13.4. The quantitative estimate of drug-likeness (QED) is 0.312. The van der Waals surface area contributed by atoms with Crippen molar-refractivity contribution in [2.75, 3.05) is 12.4 Å². The van der Waals surface area contributed by atoms with E-state index in [-0.39, 0.29) is 11.2 Å². The molecule has 0 saturated carbocycles. The highest BCUT2D eigenvalue weighted by Crippen LogP contribution is 2.30. The maximum absolute atomic E-state index is 13.0. The van der Waals surface area contributed by atoms with Crippen LogP contribution in [0.15, 0.2) is 23.0 Å². The first-order valence-electron chi connectivity index (χ1n) is 7.35. The second-order valence-electron chi connectivity index (χ2n) is 5.84. The molecule has 25 heavy (non-hydrogen) atoms. The Kier molecular flexibility index (Phi) is 3.64. The Hall–Kier alpha value is -2.82. The lowest BCUT2D eigenvalue weighted by molar-refractivity contribution is -0.229. The van der Waals surface area contributed by atoms with Gasteiger partial charge >= 0.3 is 0 Å². The van der Waals surface area contributed by atoms with Crippen LogP contribution in [0.2, 0.25) is 0 Å². The molecule has 1 aliphatic heterocycles. The number of aromatic nitrogens is 2. The fourth-order valence-electron chi connectivity index (χ4n) is 2.97. The van der Waals surface area contributed by atoms with E-state index in [4.69, 9.17) is 0 Å². The zero-order valence-corrected chi connectivity index (χ0v) is 13.4. The second kappa shape index (κ2) is 5.34. The largest absolute Gasteiger partial charge is 0.387 e. The first-order chi connectivity index (χ1) is 11.6. The molecule has 1 unspecified atom stereocenters. The van der Waals surface area contributed by atoms with Crippen LogP contribution in [0.5, 0.6) is 0 Å². The van der Waals surface area contributed by atoms with Gasteiger partial charge in [-0.05, 0) is 19.1 Å². The molecule has 1 aliphatic rings. The number of amides is 2. The summed E-state index contributed by atoms with van der Waals surface area (Å²) in [4.78, 5) is 40.8. The fraction of sp³-hybridized carbons (Fsp3) is 0.333. The van der Waals surface area contributed by atoms with Gasteiger partial charge in [-0.15, -0.1) is 0 Å². The number of fused-ring (bicyclic) bond motifs is 1. The van der Waals surface area contributed by atoms with Crippen LogP contribution in [0, 0.1) is 6.92 Å². The normalized spacial score (nSPS) is 22.8. The predicted octanol–water partition coefficient (Wildman–Crippen LogP) is -1.88. The van der Waals surface area contributed by atoms with Crippen molar-refractivity contribution < 1.29 is 24.9 Å². The van der Waals surface area contributed by atoms with Crippen LogP contribution in [0.4, 0.5) is 5.69 Å². The van der Waals surface area contributed by atoms with Gasteiger partial charge in [0, 0.05) is 12.7 Å². The fourth-order valence-corrected chi connectivity index (χ4v) is 2.97. The van der Waals surface area contributed by atoms with Gasteiger partial charge in [-0.2, -0.15) is 0 Å². The summed E-state index contributed by atoms with van der Waals surface area (Å²) in [5.41, 5.74) is -2.71. The molecule has 1 fully saturated rings. The molecule has 2 aromatic rings. The lowest BCUT2D eigenvalue weighted by atomic mass is 9.95. The van der Waals surface area contributed by atoms with Crippen LogP contribution in [-0.4, -0.2) is 49.5 Å². The highest BCUT2D eigenvalue weighted by Gasteiger charge is 2.55. The van der Waals surface area contributed by atoms with Gasteiger partial charge in [0.1, 0.15) is 5.82 Å². The molecule has 5 N–H and O–H groups in total. The van der Waals surface area contributed by atoms with Crippen molar-refractivity contribution in [2.24, 2.45) is 0 Å². The second-order valence-corrected chi connectivity index (χ2v) is 5.84. The molecule has 2 amide bonds. The molecular formula is C15H16N4O6. The summed E-state index contributed by atoms with van der Waals surface area (Å²) < 4.78 is 0.652. The van der Waals surface area contributed by atoms with Crippen molar-refractivity contribution in [1.82, 2.24) is 14.9 Å². The van der Waals surface area contributed by atoms with Crippen molar-refractivity contribution in [2.45, 2.75) is 24.9 Å². The minimum absolute atomic E-state index is 0.0337. The number of piperidine rings is 1. The summed E-state index contributed by atoms with van der Waals surface area (Å²) in [5, 5.41) is 34.8. The van der Waals surface area contributed by atoms with Crippen LogP contribution in [0.25, 0.3) is 10.9 Å². The van der Waals surface area contributed by atoms with Gasteiger partial charge in [-0.3, -0.25) is 24.3 Å². The Morgan fingerprint density at radius 1 is 1.20 bits per heavy atom. The molecule has 1 aromatic carbocycles. The summed E-state index contributed by atoms with van der Waals surface area (Å²) in [6, 6.07) is 4.88. The topological polar surface area (TPSA) is 154 Å². The van der Waals surface area contributed by atoms with E-state index < -0.39 is 35.3 Å². The molecule has 1 saturated heterocycles. The van der Waals surface area contributed by atoms with Crippen LogP contribution < -0.4 is 16.2 Å². The van der Waals surface area contributed by atoms with Gasteiger partial charge in [0.2, 0.25) is 5.72 Å². The molecule has 1 atom stereocenters. The molecule has 10 nitrogen and oxygen atoms in total. The average molecular weight is 348 g/mol. The number of hydrogen-bond donors (Lipinski definition) is 5. The number of carbonyl (C=O) groups excluding carboxylic acids is 2. The number of hydrogen-bond acceptors (Lipinski definition) is 8. The molecule has 132 valence electrons. The van der Waals surface area contributed by atoms with Gasteiger partial charge in [0.05, 0.1) is 17.3 Å². The van der Waals surface area contributed by atoms with E-state index in [0.717, 1.165) is 0 Å². The molecule has 0 aliphatic carbocycles. The lowest BCUT2D eigenvalue weighted by Gasteiger charge is -2.38. The minimum Gasteiger partial charge on any atom is -0.387 e. The van der Waals surface area contributed by atoms with E-state index in [0.29, 0.717) is 15.8 Å². The van der Waals surface area contributed by atoms with E-state index >= 15 is 0 Å². The first kappa shape index (κ1) is 17.0. The van der Waals surface area contributed by atoms with Crippen LogP contribution in [-0.2, 0) is 15.3 Å². The number of imide groups is 1. The highest BCUT2D eigenvalue weighted by atomic mass is 16.5. The number of carbonyl (C=O) groups is 2. The van der Waals surface area contributed by atoms with Crippen LogP contribution in [0.3, 0.4) is 0 Å². The highest BCUT2D eigenvalue weighted by molar-refractivity contribution is 6.04. The maximum Gasteiger partial charge on any atom is 0.286 e. The zero-order chi connectivity index (χ0) is 18.6. The van der Waals surface area contributed by atoms with E-state index in [2.05, 4.69) is 10.3 Å². The molecule has 10 heteroatoms. The Balaban J connectivity index is 2.33. The van der Waals surface area contributed by atoms with E-state index in [1.165, 1.54) is 6.92 Å². The first-order valence-corrected chi connectivity index (χ1v) is 7.35. The summed E-state index contributed by atoms with van der Waals surface area (Å²) in [6.07, 6.45) is -1.11. The molecule has 1 aromatic heterocycles. The van der Waals surface area contributed by atoms with Crippen molar-refractivity contribution in [1.29, 1.82) is 0 Å². The average Bonchev–Trinajstić information content (AvgIpc) is 2.52. The Bertz CT molecular complexity index is 966. The molecule has 2 heterocycles. The van der Waals surface area contributed by atoms with Crippen molar-refractivity contribution in [3.63, 3.8) is 0 Å². The summed E-state index contributed by atoms with van der Waals surface area (Å²) >= 11 is 0. The minimum atomic E-state index is -3.02. The Morgan fingerprint density at radius 2 is 1.88 bits per heavy atom. The van der Waals surface area contributed by atoms with E-state index in [9.17, 15) is 29.7 Å². The number of aryl methyl sites for hydroxylation is 1. The number of aliphatic hydroxyl groups is 3. The summed E-state index contributed by atoms with van der Waals surface area (Å²) in [5.74, 6) is -5.68. The standard InChI is InChI=1S/C15H16N4O6/c1-7-17-9-5-3-4-8(16-2)10(9)11(20)19(7)14(23)6-15(24,25)13(22)18-12(14)21/h3-5,16,23-25H,6H2,1-2H3,(H,18,21,22). The molecule has 0 bridgehead atoms. The van der Waals surface area contributed by atoms with Gasteiger partial charge in [0.25, 0.3) is 23.2 Å². The third-order valence-electron chi connectivity index (χ3n) is 4.15. The van der Waals surface area contributed by atoms with Crippen LogP contribution in [0.1, 0.15) is 12.2 Å². The summed E-state index contributed by atoms with van der Waals surface area (Å²) in [7, 11) is 1.59. The molecule has 3 rings (SSSR count). The Morgan fingerprint density at radius 3 is 2.52 bits per heavy atom. The van der Waals surface area contributed by atoms with Crippen molar-refractivity contribution in [3.8, 4) is 0 Å². The number of anilines is 1.